The van der Waals surface area contributed by atoms with Gasteiger partial charge in [-0.1, -0.05) is 18.7 Å². The second kappa shape index (κ2) is 10.7. The number of fused-ring (bicyclic) bond motifs is 2. The monoisotopic (exact) mass is 489 g/mol. The van der Waals surface area contributed by atoms with E-state index in [1.165, 1.54) is 5.57 Å². The molecule has 0 saturated heterocycles. The predicted octanol–water partition coefficient (Wildman–Crippen LogP) is 6.42. The van der Waals surface area contributed by atoms with Gasteiger partial charge in [0.15, 0.2) is 0 Å². The molecular weight excluding hydrogens is 458 g/mol. The van der Waals surface area contributed by atoms with Crippen LogP contribution in [-0.2, 0) is 0 Å². The molecule has 5 aromatic heterocycles. The van der Waals surface area contributed by atoms with Crippen LogP contribution in [0.1, 0.15) is 25.5 Å². The zero-order valence-corrected chi connectivity index (χ0v) is 21.5. The van der Waals surface area contributed by atoms with Crippen molar-refractivity contribution in [1.82, 2.24) is 35.0 Å². The normalized spacial score (nSPS) is 12.6. The topological polar surface area (TPSA) is 86.4 Å². The van der Waals surface area contributed by atoms with E-state index in [1.807, 2.05) is 55.7 Å². The van der Waals surface area contributed by atoms with Gasteiger partial charge < -0.3 is 9.88 Å². The number of nitrogens with one attached hydrogen (secondary N) is 2. The number of hydrogen-bond donors (Lipinski definition) is 2. The van der Waals surface area contributed by atoms with Gasteiger partial charge in [-0.15, -0.1) is 0 Å². The molecular formula is C30H31N7. The standard InChI is InChI=1S/C30H31N7/c1-5-20(9-8-16-37(3)4)17-21(6-2)24-11-12-26-29(34-24)30(36-35-26)27-18-23-25(33-27)13-15-32-28(23)22-10-7-14-31-19-22/h5-7,10-15,17-19,33H,1,8-9,16H2,2-4H3,(H,35,36)/b20-17+,21-6+. The van der Waals surface area contributed by atoms with Crippen molar-refractivity contribution in [3.05, 3.63) is 91.1 Å². The van der Waals surface area contributed by atoms with E-state index in [-0.39, 0.29) is 0 Å². The van der Waals surface area contributed by atoms with Crippen LogP contribution in [0.15, 0.2) is 85.4 Å². The molecule has 186 valence electrons. The van der Waals surface area contributed by atoms with Gasteiger partial charge >= 0.3 is 0 Å². The van der Waals surface area contributed by atoms with Crippen molar-refractivity contribution >= 4 is 27.5 Å². The third-order valence-corrected chi connectivity index (χ3v) is 6.43. The molecule has 5 rings (SSSR count). The maximum absolute atomic E-state index is 5.03. The molecule has 0 aliphatic carbocycles. The summed E-state index contributed by atoms with van der Waals surface area (Å²) in [6.07, 6.45) is 13.7. The van der Waals surface area contributed by atoms with Crippen LogP contribution in [-0.4, -0.2) is 55.7 Å². The number of nitrogens with zero attached hydrogens (tertiary/aromatic N) is 5. The van der Waals surface area contributed by atoms with Crippen molar-refractivity contribution in [3.63, 3.8) is 0 Å². The molecule has 0 radical (unpaired) electrons. The lowest BCUT2D eigenvalue weighted by Gasteiger charge is -2.10. The van der Waals surface area contributed by atoms with Crippen LogP contribution in [0.25, 0.3) is 50.2 Å². The van der Waals surface area contributed by atoms with Crippen LogP contribution in [0, 0.1) is 0 Å². The van der Waals surface area contributed by atoms with Gasteiger partial charge in [0.1, 0.15) is 11.2 Å². The number of H-pyrrole nitrogens is 2. The largest absolute Gasteiger partial charge is 0.353 e. The Balaban J connectivity index is 1.52. The maximum atomic E-state index is 5.03. The summed E-state index contributed by atoms with van der Waals surface area (Å²) >= 11 is 0. The average Bonchev–Trinajstić information content (AvgIpc) is 3.54. The summed E-state index contributed by atoms with van der Waals surface area (Å²) in [7, 11) is 4.19. The first-order valence-electron chi connectivity index (χ1n) is 12.5. The molecule has 0 unspecified atom stereocenters. The molecule has 7 heteroatoms. The van der Waals surface area contributed by atoms with E-state index < -0.39 is 0 Å². The molecule has 0 aromatic carbocycles. The van der Waals surface area contributed by atoms with Gasteiger partial charge in [-0.25, -0.2) is 4.98 Å². The number of pyridine rings is 3. The second-order valence-electron chi connectivity index (χ2n) is 9.28. The van der Waals surface area contributed by atoms with E-state index in [9.17, 15) is 0 Å². The van der Waals surface area contributed by atoms with Crippen LogP contribution in [0.5, 0.6) is 0 Å². The molecule has 5 aromatic rings. The van der Waals surface area contributed by atoms with Gasteiger partial charge in [0.05, 0.1) is 22.6 Å². The molecule has 2 N–H and O–H groups in total. The molecule has 0 saturated carbocycles. The van der Waals surface area contributed by atoms with E-state index >= 15 is 0 Å². The number of rotatable bonds is 9. The molecule has 0 aliphatic rings. The smallest absolute Gasteiger partial charge is 0.135 e. The fourth-order valence-electron chi connectivity index (χ4n) is 4.50. The van der Waals surface area contributed by atoms with Gasteiger partial charge in [0.25, 0.3) is 0 Å². The molecule has 0 atom stereocenters. The first-order chi connectivity index (χ1) is 18.1. The van der Waals surface area contributed by atoms with Crippen molar-refractivity contribution in [2.45, 2.75) is 19.8 Å². The van der Waals surface area contributed by atoms with Gasteiger partial charge in [-0.05, 0) is 94.0 Å². The van der Waals surface area contributed by atoms with Gasteiger partial charge in [-0.2, -0.15) is 5.10 Å². The third-order valence-electron chi connectivity index (χ3n) is 6.43. The van der Waals surface area contributed by atoms with Gasteiger partial charge in [-0.3, -0.25) is 15.1 Å². The number of allylic oxidation sites excluding steroid dienone is 5. The highest BCUT2D eigenvalue weighted by Crippen LogP contribution is 2.32. The van der Waals surface area contributed by atoms with E-state index in [2.05, 4.69) is 68.9 Å². The Morgan fingerprint density at radius 3 is 2.73 bits per heavy atom. The Hall–Kier alpha value is -4.36. The highest BCUT2D eigenvalue weighted by Gasteiger charge is 2.16. The first-order valence-corrected chi connectivity index (χ1v) is 12.5. The summed E-state index contributed by atoms with van der Waals surface area (Å²) in [5.41, 5.74) is 9.38. The SMILES string of the molecule is C=C/C(=C\C(=C/C)c1ccc2[nH]nc(-c3cc4c(-c5cccnc5)nccc4[nH]3)c2n1)CCCN(C)C. The summed E-state index contributed by atoms with van der Waals surface area (Å²) in [4.78, 5) is 19.6. The van der Waals surface area contributed by atoms with Crippen molar-refractivity contribution in [2.75, 3.05) is 20.6 Å². The number of aromatic nitrogens is 6. The molecule has 5 heterocycles. The summed E-state index contributed by atoms with van der Waals surface area (Å²) in [5, 5.41) is 8.77. The molecule has 0 spiro atoms. The minimum absolute atomic E-state index is 0.777. The number of aromatic amines is 2. The lowest BCUT2D eigenvalue weighted by atomic mass is 10.0. The van der Waals surface area contributed by atoms with Crippen LogP contribution < -0.4 is 0 Å². The fourth-order valence-corrected chi connectivity index (χ4v) is 4.50. The Labute approximate surface area is 216 Å². The van der Waals surface area contributed by atoms with Crippen LogP contribution in [0.2, 0.25) is 0 Å². The summed E-state index contributed by atoms with van der Waals surface area (Å²) in [5.74, 6) is 0. The van der Waals surface area contributed by atoms with Crippen LogP contribution in [0.4, 0.5) is 0 Å². The van der Waals surface area contributed by atoms with Crippen molar-refractivity contribution in [1.29, 1.82) is 0 Å². The van der Waals surface area contributed by atoms with Gasteiger partial charge in [0, 0.05) is 35.1 Å². The Kier molecular flexibility index (Phi) is 7.05. The van der Waals surface area contributed by atoms with E-state index in [0.717, 1.165) is 75.2 Å². The molecule has 0 aliphatic heterocycles. The lowest BCUT2D eigenvalue weighted by Crippen LogP contribution is -2.12. The highest BCUT2D eigenvalue weighted by atomic mass is 15.1. The fraction of sp³-hybridized carbons (Fsp3) is 0.200. The van der Waals surface area contributed by atoms with Crippen LogP contribution >= 0.6 is 0 Å². The Morgan fingerprint density at radius 2 is 1.97 bits per heavy atom. The minimum atomic E-state index is 0.777. The predicted molar refractivity (Wildman–Crippen MR) is 152 cm³/mol. The van der Waals surface area contributed by atoms with E-state index in [4.69, 9.17) is 4.98 Å². The zero-order chi connectivity index (χ0) is 25.8. The van der Waals surface area contributed by atoms with Gasteiger partial charge in [0.2, 0.25) is 0 Å². The van der Waals surface area contributed by atoms with Crippen molar-refractivity contribution < 1.29 is 0 Å². The molecule has 0 amide bonds. The Bertz CT molecular complexity index is 1600. The summed E-state index contributed by atoms with van der Waals surface area (Å²) in [6.45, 7) is 7.11. The first kappa shape index (κ1) is 24.3. The quantitative estimate of drug-likeness (QED) is 0.233. The highest BCUT2D eigenvalue weighted by molar-refractivity contribution is 5.99. The van der Waals surface area contributed by atoms with E-state index in [0.29, 0.717) is 0 Å². The summed E-state index contributed by atoms with van der Waals surface area (Å²) in [6, 6.07) is 12.1. The maximum Gasteiger partial charge on any atom is 0.135 e. The molecule has 37 heavy (non-hydrogen) atoms. The van der Waals surface area contributed by atoms with E-state index in [1.54, 1.807) is 6.20 Å². The lowest BCUT2D eigenvalue weighted by molar-refractivity contribution is 0.400. The molecule has 0 fully saturated rings. The Morgan fingerprint density at radius 1 is 1.08 bits per heavy atom. The number of hydrogen-bond acceptors (Lipinski definition) is 5. The third kappa shape index (κ3) is 5.13. The van der Waals surface area contributed by atoms with Crippen LogP contribution in [0.3, 0.4) is 0 Å². The zero-order valence-electron chi connectivity index (χ0n) is 21.5. The summed E-state index contributed by atoms with van der Waals surface area (Å²) < 4.78 is 0. The van der Waals surface area contributed by atoms with Crippen molar-refractivity contribution in [2.24, 2.45) is 0 Å². The molecule has 7 nitrogen and oxygen atoms in total. The second-order valence-corrected chi connectivity index (χ2v) is 9.28. The minimum Gasteiger partial charge on any atom is -0.353 e. The average molecular weight is 490 g/mol. The van der Waals surface area contributed by atoms with Crippen molar-refractivity contribution in [3.8, 4) is 22.6 Å². The molecule has 0 bridgehead atoms.